The van der Waals surface area contributed by atoms with Crippen molar-refractivity contribution in [1.82, 2.24) is 4.72 Å². The number of hydrogen-bond acceptors (Lipinski definition) is 5. The van der Waals surface area contributed by atoms with Gasteiger partial charge >= 0.3 is 0 Å². The second kappa shape index (κ2) is 8.77. The van der Waals surface area contributed by atoms with Crippen molar-refractivity contribution in [3.05, 3.63) is 18.2 Å². The summed E-state index contributed by atoms with van der Waals surface area (Å²) in [6.45, 7) is 3.84. The number of benzene rings is 1. The average Bonchev–Trinajstić information content (AvgIpc) is 2.73. The fraction of sp³-hybridized carbons (Fsp3) is 0.684. The van der Waals surface area contributed by atoms with Crippen LogP contribution in [0, 0.1) is 0 Å². The quantitative estimate of drug-likeness (QED) is 0.702. The highest BCUT2D eigenvalue weighted by molar-refractivity contribution is 7.89. The second-order valence-corrected chi connectivity index (χ2v) is 9.17. The summed E-state index contributed by atoms with van der Waals surface area (Å²) in [5.41, 5.74) is -0.0361. The third-order valence-corrected chi connectivity index (χ3v) is 7.32. The molecule has 0 unspecified atom stereocenters. The minimum atomic E-state index is -3.62. The molecule has 27 heavy (non-hydrogen) atoms. The Morgan fingerprint density at radius 3 is 2.37 bits per heavy atom. The summed E-state index contributed by atoms with van der Waals surface area (Å²) >= 11 is 0. The lowest BCUT2D eigenvalue weighted by molar-refractivity contribution is -0.960. The highest BCUT2D eigenvalue weighted by atomic mass is 32.2. The van der Waals surface area contributed by atoms with Crippen LogP contribution < -0.4 is 19.1 Å². The van der Waals surface area contributed by atoms with E-state index in [1.165, 1.54) is 31.6 Å². The molecular weight excluding hydrogens is 368 g/mol. The van der Waals surface area contributed by atoms with Gasteiger partial charge in [-0.1, -0.05) is 6.42 Å². The summed E-state index contributed by atoms with van der Waals surface area (Å²) in [6.07, 6.45) is 5.65. The Labute approximate surface area is 162 Å². The van der Waals surface area contributed by atoms with Crippen LogP contribution in [0.2, 0.25) is 0 Å². The Morgan fingerprint density at radius 1 is 1.07 bits per heavy atom. The molecule has 0 amide bonds. The number of quaternary nitrogens is 1. The van der Waals surface area contributed by atoms with Crippen molar-refractivity contribution in [1.29, 1.82) is 0 Å². The summed E-state index contributed by atoms with van der Waals surface area (Å²) in [5, 5.41) is 0. The van der Waals surface area contributed by atoms with E-state index in [0.717, 1.165) is 52.0 Å². The second-order valence-electron chi connectivity index (χ2n) is 7.40. The molecule has 1 aliphatic carbocycles. The fourth-order valence-electron chi connectivity index (χ4n) is 4.33. The molecule has 1 aliphatic heterocycles. The van der Waals surface area contributed by atoms with Gasteiger partial charge in [0.1, 0.15) is 18.6 Å². The molecule has 1 aromatic rings. The van der Waals surface area contributed by atoms with Gasteiger partial charge in [0.05, 0.1) is 38.9 Å². The van der Waals surface area contributed by atoms with Gasteiger partial charge < -0.3 is 19.1 Å². The van der Waals surface area contributed by atoms with Gasteiger partial charge in [0.2, 0.25) is 10.0 Å². The number of morpholine rings is 1. The molecule has 0 spiro atoms. The number of rotatable bonds is 7. The third-order valence-electron chi connectivity index (χ3n) is 5.92. The smallest absolute Gasteiger partial charge is 0.240 e. The zero-order chi connectivity index (χ0) is 19.3. The van der Waals surface area contributed by atoms with Crippen molar-refractivity contribution in [3.63, 3.8) is 0 Å². The molecule has 1 aromatic carbocycles. The molecule has 3 rings (SSSR count). The molecule has 0 bridgehead atoms. The first-order valence-corrected chi connectivity index (χ1v) is 11.1. The Hall–Kier alpha value is -1.35. The van der Waals surface area contributed by atoms with E-state index in [1.54, 1.807) is 12.1 Å². The Bertz CT molecular complexity index is 726. The molecule has 152 valence electrons. The molecule has 0 atom stereocenters. The number of methoxy groups -OCH3 is 2. The summed E-state index contributed by atoms with van der Waals surface area (Å²) < 4.78 is 44.7. The van der Waals surface area contributed by atoms with Crippen LogP contribution >= 0.6 is 0 Å². The monoisotopic (exact) mass is 399 g/mol. The minimum Gasteiger partial charge on any atom is -0.493 e. The lowest BCUT2D eigenvalue weighted by Gasteiger charge is -2.44. The predicted molar refractivity (Wildman–Crippen MR) is 102 cm³/mol. The van der Waals surface area contributed by atoms with E-state index in [0.29, 0.717) is 18.0 Å². The molecule has 1 heterocycles. The number of sulfonamides is 1. The molecule has 1 saturated heterocycles. The number of hydrogen-bond donors (Lipinski definition) is 2. The van der Waals surface area contributed by atoms with Crippen molar-refractivity contribution in [2.45, 2.75) is 42.5 Å². The topological polar surface area (TPSA) is 78.3 Å². The lowest BCUT2D eigenvalue weighted by Crippen LogP contribution is -3.23. The number of nitrogens with one attached hydrogen (secondary N) is 2. The van der Waals surface area contributed by atoms with Gasteiger partial charge in [0.15, 0.2) is 11.5 Å². The molecule has 7 nitrogen and oxygen atoms in total. The molecule has 0 radical (unpaired) electrons. The summed E-state index contributed by atoms with van der Waals surface area (Å²) in [6, 6.07) is 4.69. The highest BCUT2D eigenvalue weighted by Gasteiger charge is 2.43. The SMILES string of the molecule is COc1ccc(S(=O)(=O)NCC2([NH+]3CCOCC3)CCCCC2)cc1OC. The van der Waals surface area contributed by atoms with E-state index in [1.807, 2.05) is 0 Å². The molecule has 2 fully saturated rings. The predicted octanol–water partition coefficient (Wildman–Crippen LogP) is 0.600. The van der Waals surface area contributed by atoms with Gasteiger partial charge in [0, 0.05) is 18.9 Å². The first kappa shape index (κ1) is 20.4. The van der Waals surface area contributed by atoms with Gasteiger partial charge in [-0.15, -0.1) is 0 Å². The van der Waals surface area contributed by atoms with Gasteiger partial charge in [-0.05, 0) is 25.0 Å². The molecular formula is C19H31N2O5S+. The molecule has 1 saturated carbocycles. The molecule has 2 N–H and O–H groups in total. The maximum Gasteiger partial charge on any atom is 0.240 e. The standard InChI is InChI=1S/C19H30N2O5S/c1-24-17-7-6-16(14-18(17)25-2)27(22,23)20-15-19(8-4-3-5-9-19)21-10-12-26-13-11-21/h6-7,14,20H,3-5,8-13,15H2,1-2H3/p+1. The fourth-order valence-corrected chi connectivity index (χ4v) is 5.47. The van der Waals surface area contributed by atoms with Crippen molar-refractivity contribution in [2.24, 2.45) is 0 Å². The van der Waals surface area contributed by atoms with Crippen LogP contribution in [0.15, 0.2) is 23.1 Å². The van der Waals surface area contributed by atoms with Gasteiger partial charge in [-0.3, -0.25) is 0 Å². The Kier molecular flexibility index (Phi) is 6.62. The van der Waals surface area contributed by atoms with E-state index in [4.69, 9.17) is 14.2 Å². The Morgan fingerprint density at radius 2 is 1.74 bits per heavy atom. The molecule has 2 aliphatic rings. The van der Waals surface area contributed by atoms with Gasteiger partial charge in [0.25, 0.3) is 0 Å². The summed E-state index contributed by atoms with van der Waals surface area (Å²) in [7, 11) is -0.594. The maximum absolute atomic E-state index is 12.9. The maximum atomic E-state index is 12.9. The van der Waals surface area contributed by atoms with Crippen LogP contribution in [0.4, 0.5) is 0 Å². The normalized spacial score (nSPS) is 21.0. The van der Waals surface area contributed by atoms with Crippen molar-refractivity contribution in [3.8, 4) is 11.5 Å². The van der Waals surface area contributed by atoms with Crippen LogP contribution in [-0.2, 0) is 14.8 Å². The van der Waals surface area contributed by atoms with Crippen molar-refractivity contribution in [2.75, 3.05) is 47.1 Å². The van der Waals surface area contributed by atoms with E-state index in [2.05, 4.69) is 4.72 Å². The highest BCUT2D eigenvalue weighted by Crippen LogP contribution is 2.30. The summed E-state index contributed by atoms with van der Waals surface area (Å²) in [5.74, 6) is 0.921. The van der Waals surface area contributed by atoms with Gasteiger partial charge in [-0.2, -0.15) is 0 Å². The van der Waals surface area contributed by atoms with Crippen LogP contribution in [0.1, 0.15) is 32.1 Å². The first-order valence-electron chi connectivity index (χ1n) is 9.65. The molecule has 0 aromatic heterocycles. The van der Waals surface area contributed by atoms with Gasteiger partial charge in [-0.25, -0.2) is 13.1 Å². The Balaban J connectivity index is 1.77. The average molecular weight is 400 g/mol. The molecule has 8 heteroatoms. The first-order chi connectivity index (χ1) is 13.0. The largest absolute Gasteiger partial charge is 0.493 e. The van der Waals surface area contributed by atoms with Crippen LogP contribution in [-0.4, -0.2) is 61.0 Å². The van der Waals surface area contributed by atoms with Crippen LogP contribution in [0.5, 0.6) is 11.5 Å². The lowest BCUT2D eigenvalue weighted by atomic mass is 9.80. The van der Waals surface area contributed by atoms with E-state index in [9.17, 15) is 8.42 Å². The summed E-state index contributed by atoms with van der Waals surface area (Å²) in [4.78, 5) is 1.67. The number of ether oxygens (including phenoxy) is 3. The van der Waals surface area contributed by atoms with Crippen molar-refractivity contribution < 1.29 is 27.5 Å². The minimum absolute atomic E-state index is 0.0361. The van der Waals surface area contributed by atoms with Crippen LogP contribution in [0.3, 0.4) is 0 Å². The van der Waals surface area contributed by atoms with E-state index >= 15 is 0 Å². The van der Waals surface area contributed by atoms with Crippen LogP contribution in [0.25, 0.3) is 0 Å². The van der Waals surface area contributed by atoms with E-state index < -0.39 is 10.0 Å². The zero-order valence-corrected chi connectivity index (χ0v) is 17.1. The third kappa shape index (κ3) is 4.56. The zero-order valence-electron chi connectivity index (χ0n) is 16.3. The van der Waals surface area contributed by atoms with E-state index in [-0.39, 0.29) is 10.4 Å². The van der Waals surface area contributed by atoms with Crippen molar-refractivity contribution >= 4 is 10.0 Å².